The highest BCUT2D eigenvalue weighted by molar-refractivity contribution is 6.34. The van der Waals surface area contributed by atoms with Crippen LogP contribution in [-0.4, -0.2) is 31.0 Å². The van der Waals surface area contributed by atoms with Crippen LogP contribution >= 0.6 is 0 Å². The standard InChI is InChI=1S/C11H16NO2Si/c1-13-10-8(4-3-7-12)5-6-9(15)11(10)14-2/h5-6H,3-4,7,12H2,1-2H3. The van der Waals surface area contributed by atoms with Crippen molar-refractivity contribution >= 4 is 15.4 Å². The van der Waals surface area contributed by atoms with E-state index in [4.69, 9.17) is 15.2 Å². The molecule has 2 N–H and O–H groups in total. The summed E-state index contributed by atoms with van der Waals surface area (Å²) in [7, 11) is 6.75. The molecule has 4 heteroatoms. The van der Waals surface area contributed by atoms with Gasteiger partial charge in [0.25, 0.3) is 0 Å². The maximum absolute atomic E-state index is 5.49. The molecule has 0 fully saturated rings. The first-order valence-corrected chi connectivity index (χ1v) is 5.40. The van der Waals surface area contributed by atoms with Gasteiger partial charge in [-0.25, -0.2) is 0 Å². The summed E-state index contributed by atoms with van der Waals surface area (Å²) in [5.74, 6) is 1.53. The number of aryl methyl sites for hydroxylation is 1. The monoisotopic (exact) mass is 222 g/mol. The lowest BCUT2D eigenvalue weighted by Crippen LogP contribution is -2.11. The molecule has 1 rings (SSSR count). The number of rotatable bonds is 5. The molecule has 0 heterocycles. The van der Waals surface area contributed by atoms with Crippen molar-refractivity contribution in [2.24, 2.45) is 5.73 Å². The zero-order valence-electron chi connectivity index (χ0n) is 9.17. The Labute approximate surface area is 94.0 Å². The Morgan fingerprint density at radius 1 is 1.20 bits per heavy atom. The van der Waals surface area contributed by atoms with Crippen molar-refractivity contribution in [2.75, 3.05) is 20.8 Å². The molecule has 0 aliphatic heterocycles. The van der Waals surface area contributed by atoms with Gasteiger partial charge >= 0.3 is 0 Å². The second-order valence-corrected chi connectivity index (χ2v) is 3.77. The Morgan fingerprint density at radius 3 is 2.40 bits per heavy atom. The highest BCUT2D eigenvalue weighted by Gasteiger charge is 2.11. The first kappa shape index (κ1) is 12.1. The van der Waals surface area contributed by atoms with Gasteiger partial charge in [-0.1, -0.05) is 12.1 Å². The summed E-state index contributed by atoms with van der Waals surface area (Å²) in [5.41, 5.74) is 6.61. The number of methoxy groups -OCH3 is 2. The summed E-state index contributed by atoms with van der Waals surface area (Å²) >= 11 is 0. The highest BCUT2D eigenvalue weighted by Crippen LogP contribution is 2.29. The van der Waals surface area contributed by atoms with Crippen LogP contribution in [0.2, 0.25) is 0 Å². The van der Waals surface area contributed by atoms with Crippen LogP contribution in [-0.2, 0) is 6.42 Å². The van der Waals surface area contributed by atoms with Crippen LogP contribution in [0.1, 0.15) is 12.0 Å². The van der Waals surface area contributed by atoms with Crippen LogP contribution < -0.4 is 20.4 Å². The third-order valence-corrected chi connectivity index (χ3v) is 2.65. The van der Waals surface area contributed by atoms with E-state index in [0.717, 1.165) is 35.1 Å². The Bertz CT molecular complexity index is 329. The molecule has 15 heavy (non-hydrogen) atoms. The lowest BCUT2D eigenvalue weighted by molar-refractivity contribution is 0.354. The maximum atomic E-state index is 5.49. The molecular formula is C11H16NO2Si. The van der Waals surface area contributed by atoms with E-state index in [2.05, 4.69) is 10.2 Å². The summed E-state index contributed by atoms with van der Waals surface area (Å²) in [4.78, 5) is 0. The topological polar surface area (TPSA) is 44.5 Å². The Kier molecular flexibility index (Phi) is 4.65. The van der Waals surface area contributed by atoms with Gasteiger partial charge in [-0.2, -0.15) is 0 Å². The molecule has 3 nitrogen and oxygen atoms in total. The van der Waals surface area contributed by atoms with Crippen LogP contribution in [0, 0.1) is 0 Å². The molecule has 0 aliphatic rings. The lowest BCUT2D eigenvalue weighted by Gasteiger charge is -2.14. The van der Waals surface area contributed by atoms with Gasteiger partial charge in [0.05, 0.1) is 24.5 Å². The first-order chi connectivity index (χ1) is 7.24. The van der Waals surface area contributed by atoms with Crippen LogP contribution in [0.15, 0.2) is 12.1 Å². The van der Waals surface area contributed by atoms with E-state index in [0.29, 0.717) is 6.54 Å². The molecule has 0 saturated carbocycles. The zero-order chi connectivity index (χ0) is 11.3. The molecule has 3 radical (unpaired) electrons. The normalized spacial score (nSPS) is 10.1. The second-order valence-electron chi connectivity index (χ2n) is 3.23. The van der Waals surface area contributed by atoms with Crippen molar-refractivity contribution in [1.82, 2.24) is 0 Å². The Hall–Kier alpha value is -1.00. The summed E-state index contributed by atoms with van der Waals surface area (Å²) in [6.45, 7) is 0.682. The fourth-order valence-electron chi connectivity index (χ4n) is 1.52. The molecule has 0 unspecified atom stereocenters. The predicted octanol–water partition coefficient (Wildman–Crippen LogP) is 0.389. The fourth-order valence-corrected chi connectivity index (χ4v) is 1.82. The van der Waals surface area contributed by atoms with Crippen molar-refractivity contribution in [1.29, 1.82) is 0 Å². The van der Waals surface area contributed by atoms with Crippen LogP contribution in [0.4, 0.5) is 0 Å². The van der Waals surface area contributed by atoms with Crippen molar-refractivity contribution in [3.8, 4) is 11.5 Å². The van der Waals surface area contributed by atoms with Gasteiger partial charge in [-0.3, -0.25) is 0 Å². The second kappa shape index (κ2) is 5.78. The van der Waals surface area contributed by atoms with E-state index < -0.39 is 0 Å². The summed E-state index contributed by atoms with van der Waals surface area (Å²) < 4.78 is 10.6. The molecule has 0 bridgehead atoms. The highest BCUT2D eigenvalue weighted by atomic mass is 28.1. The fraction of sp³-hybridized carbons (Fsp3) is 0.455. The van der Waals surface area contributed by atoms with E-state index >= 15 is 0 Å². The van der Waals surface area contributed by atoms with Crippen molar-refractivity contribution in [2.45, 2.75) is 12.8 Å². The molecular weight excluding hydrogens is 206 g/mol. The van der Waals surface area contributed by atoms with Crippen molar-refractivity contribution in [3.05, 3.63) is 17.7 Å². The smallest absolute Gasteiger partial charge is 0.163 e. The van der Waals surface area contributed by atoms with E-state index in [1.807, 2.05) is 12.1 Å². The Balaban J connectivity index is 3.05. The summed E-state index contributed by atoms with van der Waals surface area (Å²) in [6, 6.07) is 3.99. The number of hydrogen-bond acceptors (Lipinski definition) is 3. The third kappa shape index (κ3) is 2.73. The quantitative estimate of drug-likeness (QED) is 0.733. The van der Waals surface area contributed by atoms with E-state index in [-0.39, 0.29) is 0 Å². The molecule has 0 aliphatic carbocycles. The van der Waals surface area contributed by atoms with E-state index in [1.54, 1.807) is 14.2 Å². The number of nitrogens with two attached hydrogens (primary N) is 1. The minimum Gasteiger partial charge on any atom is -0.493 e. The number of ether oxygens (including phenoxy) is 2. The van der Waals surface area contributed by atoms with Gasteiger partial charge in [0.1, 0.15) is 0 Å². The van der Waals surface area contributed by atoms with Crippen molar-refractivity contribution < 1.29 is 9.47 Å². The van der Waals surface area contributed by atoms with Gasteiger partial charge in [0.2, 0.25) is 0 Å². The SMILES string of the molecule is COc1c([Si])ccc(CCCN)c1OC. The van der Waals surface area contributed by atoms with Gasteiger partial charge in [-0.05, 0) is 30.1 Å². The van der Waals surface area contributed by atoms with E-state index in [9.17, 15) is 0 Å². The molecule has 0 atom stereocenters. The van der Waals surface area contributed by atoms with Gasteiger partial charge < -0.3 is 15.2 Å². The lowest BCUT2D eigenvalue weighted by atomic mass is 10.1. The van der Waals surface area contributed by atoms with E-state index in [1.165, 1.54) is 0 Å². The Morgan fingerprint density at radius 2 is 1.87 bits per heavy atom. The zero-order valence-corrected chi connectivity index (χ0v) is 10.2. The molecule has 1 aromatic carbocycles. The molecule has 0 amide bonds. The molecule has 0 aromatic heterocycles. The number of benzene rings is 1. The van der Waals surface area contributed by atoms with Gasteiger partial charge in [0.15, 0.2) is 11.5 Å². The van der Waals surface area contributed by atoms with Crippen molar-refractivity contribution in [3.63, 3.8) is 0 Å². The minimum absolute atomic E-state index is 0.682. The third-order valence-electron chi connectivity index (χ3n) is 2.25. The number of hydrogen-bond donors (Lipinski definition) is 1. The van der Waals surface area contributed by atoms with Gasteiger partial charge in [0, 0.05) is 0 Å². The van der Waals surface area contributed by atoms with Gasteiger partial charge in [-0.15, -0.1) is 0 Å². The summed E-state index contributed by atoms with van der Waals surface area (Å²) in [5, 5.41) is 0.894. The maximum Gasteiger partial charge on any atom is 0.163 e. The van der Waals surface area contributed by atoms with Crippen LogP contribution in [0.3, 0.4) is 0 Å². The average Bonchev–Trinajstić information content (AvgIpc) is 2.26. The molecule has 1 aromatic rings. The molecule has 81 valence electrons. The van der Waals surface area contributed by atoms with Crippen LogP contribution in [0.5, 0.6) is 11.5 Å². The average molecular weight is 222 g/mol. The first-order valence-electron chi connectivity index (χ1n) is 4.90. The largest absolute Gasteiger partial charge is 0.493 e. The minimum atomic E-state index is 0.682. The molecule has 0 spiro atoms. The predicted molar refractivity (Wildman–Crippen MR) is 62.3 cm³/mol. The summed E-state index contributed by atoms with van der Waals surface area (Å²) in [6.07, 6.45) is 1.85. The van der Waals surface area contributed by atoms with Crippen LogP contribution in [0.25, 0.3) is 0 Å². The molecule has 0 saturated heterocycles.